The van der Waals surface area contributed by atoms with Crippen LogP contribution < -0.4 is 5.32 Å². The van der Waals surface area contributed by atoms with Crippen LogP contribution in [0.2, 0.25) is 0 Å². The van der Waals surface area contributed by atoms with Crippen LogP contribution in [0.25, 0.3) is 5.65 Å². The van der Waals surface area contributed by atoms with Gasteiger partial charge in [0.05, 0.1) is 0 Å². The van der Waals surface area contributed by atoms with Crippen molar-refractivity contribution < 1.29 is 4.21 Å². The summed E-state index contributed by atoms with van der Waals surface area (Å²) in [5.41, 5.74) is 0.766. The molecule has 0 aliphatic heterocycles. The molecule has 17 heavy (non-hydrogen) atoms. The van der Waals surface area contributed by atoms with Crippen LogP contribution in [0.3, 0.4) is 0 Å². The zero-order chi connectivity index (χ0) is 12.4. The minimum Gasteiger partial charge on any atom is -0.364 e. The third-order valence-electron chi connectivity index (χ3n) is 2.21. The van der Waals surface area contributed by atoms with Gasteiger partial charge in [0.25, 0.3) is 0 Å². The summed E-state index contributed by atoms with van der Waals surface area (Å²) >= 11 is 3.35. The minimum absolute atomic E-state index is 0.0862. The Morgan fingerprint density at radius 2 is 2.41 bits per heavy atom. The Kier molecular flexibility index (Phi) is 3.78. The van der Waals surface area contributed by atoms with Crippen molar-refractivity contribution in [1.82, 2.24) is 14.4 Å². The van der Waals surface area contributed by atoms with Gasteiger partial charge in [0.1, 0.15) is 4.60 Å². The molecule has 2 rings (SSSR count). The van der Waals surface area contributed by atoms with Crippen molar-refractivity contribution >= 4 is 38.2 Å². The smallest absolute Gasteiger partial charge is 0.180 e. The minimum atomic E-state index is -0.828. The van der Waals surface area contributed by atoms with Gasteiger partial charge in [-0.3, -0.25) is 4.21 Å². The van der Waals surface area contributed by atoms with Gasteiger partial charge in [-0.05, 0) is 22.9 Å². The van der Waals surface area contributed by atoms with E-state index < -0.39 is 10.8 Å². The molecule has 2 aromatic heterocycles. The number of hydrogen-bond donors (Lipinski definition) is 1. The van der Waals surface area contributed by atoms with Gasteiger partial charge in [-0.1, -0.05) is 0 Å². The second-order valence-corrected chi connectivity index (χ2v) is 6.15. The molecule has 7 heteroatoms. The Labute approximate surface area is 110 Å². The number of anilines is 1. The van der Waals surface area contributed by atoms with Crippen LogP contribution in [0, 0.1) is 0 Å². The Balaban J connectivity index is 2.28. The Morgan fingerprint density at radius 1 is 1.65 bits per heavy atom. The van der Waals surface area contributed by atoms with E-state index in [1.807, 2.05) is 23.7 Å². The highest BCUT2D eigenvalue weighted by Gasteiger charge is 2.10. The van der Waals surface area contributed by atoms with Gasteiger partial charge < -0.3 is 9.72 Å². The van der Waals surface area contributed by atoms with Crippen molar-refractivity contribution in [1.29, 1.82) is 0 Å². The molecule has 0 radical (unpaired) electrons. The average molecular weight is 317 g/mol. The number of aromatic nitrogens is 3. The molecule has 0 fully saturated rings. The Bertz CT molecular complexity index is 556. The number of nitrogens with zero attached hydrogens (tertiary/aromatic N) is 3. The van der Waals surface area contributed by atoms with Crippen molar-refractivity contribution in [3.05, 3.63) is 23.2 Å². The monoisotopic (exact) mass is 316 g/mol. The molecule has 2 heterocycles. The molecule has 0 spiro atoms. The highest BCUT2D eigenvalue weighted by Crippen LogP contribution is 2.17. The van der Waals surface area contributed by atoms with Gasteiger partial charge in [0.15, 0.2) is 11.5 Å². The number of fused-ring (bicyclic) bond motifs is 1. The quantitative estimate of drug-likeness (QED) is 0.932. The van der Waals surface area contributed by atoms with Crippen LogP contribution >= 0.6 is 15.9 Å². The third-order valence-corrected chi connectivity index (χ3v) is 3.56. The van der Waals surface area contributed by atoms with Gasteiger partial charge in [-0.15, -0.1) is 0 Å². The second-order valence-electron chi connectivity index (χ2n) is 3.86. The first-order chi connectivity index (χ1) is 8.06. The number of nitrogens with one attached hydrogen (secondary N) is 1. The molecular formula is C10H13BrN4OS. The van der Waals surface area contributed by atoms with E-state index in [1.54, 1.807) is 12.5 Å². The van der Waals surface area contributed by atoms with Crippen molar-refractivity contribution in [2.75, 3.05) is 17.3 Å². The first kappa shape index (κ1) is 12.5. The number of hydrogen-bond acceptors (Lipinski definition) is 4. The first-order valence-electron chi connectivity index (χ1n) is 5.12. The predicted octanol–water partition coefficient (Wildman–Crippen LogP) is 1.67. The van der Waals surface area contributed by atoms with E-state index in [0.717, 1.165) is 10.3 Å². The third kappa shape index (κ3) is 3.04. The maximum atomic E-state index is 11.1. The fourth-order valence-electron chi connectivity index (χ4n) is 1.63. The van der Waals surface area contributed by atoms with Crippen LogP contribution in [0.15, 0.2) is 23.2 Å². The Morgan fingerprint density at radius 3 is 3.12 bits per heavy atom. The summed E-state index contributed by atoms with van der Waals surface area (Å²) in [6.07, 6.45) is 7.11. The van der Waals surface area contributed by atoms with Crippen molar-refractivity contribution in [3.8, 4) is 0 Å². The highest BCUT2D eigenvalue weighted by molar-refractivity contribution is 9.10. The van der Waals surface area contributed by atoms with Gasteiger partial charge >= 0.3 is 0 Å². The molecule has 2 unspecified atom stereocenters. The predicted molar refractivity (Wildman–Crippen MR) is 72.7 cm³/mol. The standard InChI is InChI=1S/C10H13BrN4OS/c1-7(6-17(2)16)13-9-10-12-3-4-15(10)5-8(11)14-9/h3-5,7H,6H2,1-2H3,(H,13,14). The second kappa shape index (κ2) is 5.14. The average Bonchev–Trinajstić information content (AvgIpc) is 2.63. The molecule has 0 aromatic carbocycles. The van der Waals surface area contributed by atoms with Crippen molar-refractivity contribution in [2.45, 2.75) is 13.0 Å². The molecule has 92 valence electrons. The molecule has 1 N–H and O–H groups in total. The Hall–Kier alpha value is -0.950. The molecule has 0 aliphatic rings. The lowest BCUT2D eigenvalue weighted by Crippen LogP contribution is -2.23. The summed E-state index contributed by atoms with van der Waals surface area (Å²) in [5, 5.41) is 3.23. The van der Waals surface area contributed by atoms with Gasteiger partial charge in [-0.2, -0.15) is 0 Å². The van der Waals surface area contributed by atoms with Gasteiger partial charge in [0.2, 0.25) is 0 Å². The van der Waals surface area contributed by atoms with E-state index in [0.29, 0.717) is 11.6 Å². The summed E-state index contributed by atoms with van der Waals surface area (Å²) in [4.78, 5) is 8.58. The van der Waals surface area contributed by atoms with Crippen LogP contribution in [0.5, 0.6) is 0 Å². The van der Waals surface area contributed by atoms with Crippen LogP contribution in [-0.4, -0.2) is 36.6 Å². The van der Waals surface area contributed by atoms with Crippen LogP contribution in [0.4, 0.5) is 5.82 Å². The normalized spacial score (nSPS) is 14.8. The summed E-state index contributed by atoms with van der Waals surface area (Å²) in [5.74, 6) is 1.28. The summed E-state index contributed by atoms with van der Waals surface area (Å²) in [6, 6.07) is 0.0862. The number of halogens is 1. The molecule has 2 aromatic rings. The zero-order valence-electron chi connectivity index (χ0n) is 9.55. The highest BCUT2D eigenvalue weighted by atomic mass is 79.9. The fraction of sp³-hybridized carbons (Fsp3) is 0.400. The molecule has 0 amide bonds. The molecule has 2 atom stereocenters. The van der Waals surface area contributed by atoms with E-state index in [9.17, 15) is 4.21 Å². The number of rotatable bonds is 4. The molecule has 0 saturated heterocycles. The van der Waals surface area contributed by atoms with E-state index >= 15 is 0 Å². The summed E-state index contributed by atoms with van der Waals surface area (Å²) in [6.45, 7) is 1.98. The maximum Gasteiger partial charge on any atom is 0.180 e. The van der Waals surface area contributed by atoms with Gasteiger partial charge in [-0.25, -0.2) is 9.97 Å². The van der Waals surface area contributed by atoms with E-state index in [2.05, 4.69) is 31.2 Å². The lowest BCUT2D eigenvalue weighted by molar-refractivity contribution is 0.683. The van der Waals surface area contributed by atoms with Crippen molar-refractivity contribution in [3.63, 3.8) is 0 Å². The topological polar surface area (TPSA) is 59.3 Å². The van der Waals surface area contributed by atoms with E-state index in [1.165, 1.54) is 0 Å². The summed E-state index contributed by atoms with van der Waals surface area (Å²) < 4.78 is 13.8. The lowest BCUT2D eigenvalue weighted by atomic mass is 10.4. The fourth-order valence-corrected chi connectivity index (χ4v) is 2.81. The van der Waals surface area contributed by atoms with E-state index in [-0.39, 0.29) is 6.04 Å². The molecule has 5 nitrogen and oxygen atoms in total. The SMILES string of the molecule is CC(CS(C)=O)Nc1nc(Br)cn2ccnc12. The maximum absolute atomic E-state index is 11.1. The molecular weight excluding hydrogens is 304 g/mol. The van der Waals surface area contributed by atoms with Crippen LogP contribution in [-0.2, 0) is 10.8 Å². The lowest BCUT2D eigenvalue weighted by Gasteiger charge is -2.13. The first-order valence-corrected chi connectivity index (χ1v) is 7.64. The van der Waals surface area contributed by atoms with Crippen LogP contribution in [0.1, 0.15) is 6.92 Å². The zero-order valence-corrected chi connectivity index (χ0v) is 12.0. The van der Waals surface area contributed by atoms with Crippen molar-refractivity contribution in [2.24, 2.45) is 0 Å². The molecule has 0 saturated carbocycles. The van der Waals surface area contributed by atoms with Gasteiger partial charge in [0, 0.05) is 47.4 Å². The summed E-state index contributed by atoms with van der Waals surface area (Å²) in [7, 11) is -0.828. The van der Waals surface area contributed by atoms with E-state index in [4.69, 9.17) is 0 Å². The largest absolute Gasteiger partial charge is 0.364 e. The molecule has 0 aliphatic carbocycles. The number of imidazole rings is 1. The molecule has 0 bridgehead atoms.